The minimum absolute atomic E-state index is 0.753. The molecule has 3 rings (SSSR count). The zero-order valence-corrected chi connectivity index (χ0v) is 17.5. The van der Waals surface area contributed by atoms with E-state index < -0.39 is 0 Å². The van der Waals surface area contributed by atoms with Gasteiger partial charge in [-0.15, -0.1) is 0 Å². The molecule has 0 amide bonds. The Labute approximate surface area is 173 Å². The van der Waals surface area contributed by atoms with Crippen molar-refractivity contribution in [1.82, 2.24) is 14.6 Å². The normalized spacial score (nSPS) is 11.1. The van der Waals surface area contributed by atoms with Crippen molar-refractivity contribution in [2.75, 3.05) is 23.7 Å². The molecule has 0 bridgehead atoms. The molecule has 2 heterocycles. The van der Waals surface area contributed by atoms with E-state index in [1.807, 2.05) is 16.8 Å². The lowest BCUT2D eigenvalue weighted by atomic mass is 10.1. The van der Waals surface area contributed by atoms with E-state index in [1.165, 1.54) is 24.0 Å². The van der Waals surface area contributed by atoms with Gasteiger partial charge in [0.25, 0.3) is 0 Å². The molecule has 0 aliphatic rings. The summed E-state index contributed by atoms with van der Waals surface area (Å²) >= 11 is 0. The molecule has 0 unspecified atom stereocenters. The molecule has 0 fully saturated rings. The Morgan fingerprint density at radius 3 is 2.62 bits per heavy atom. The van der Waals surface area contributed by atoms with Crippen molar-refractivity contribution in [2.45, 2.75) is 58.4 Å². The second-order valence-corrected chi connectivity index (χ2v) is 7.50. The van der Waals surface area contributed by atoms with Gasteiger partial charge >= 0.3 is 0 Å². The number of hydrogen-bond donors (Lipinski definition) is 3. The lowest BCUT2D eigenvalue weighted by Crippen LogP contribution is -2.10. The number of benzene rings is 1. The summed E-state index contributed by atoms with van der Waals surface area (Å²) in [5.74, 6) is 1.87. The molecule has 2 aromatic heterocycles. The summed E-state index contributed by atoms with van der Waals surface area (Å²) in [5, 5.41) is 11.6. The number of anilines is 2. The fraction of sp³-hybridized carbons (Fsp3) is 0.478. The van der Waals surface area contributed by atoms with E-state index in [0.29, 0.717) is 0 Å². The number of fused-ring (bicyclic) bond motifs is 1. The van der Waals surface area contributed by atoms with Gasteiger partial charge in [0, 0.05) is 24.7 Å². The van der Waals surface area contributed by atoms with Crippen LogP contribution in [-0.4, -0.2) is 27.7 Å². The number of nitrogens with one attached hydrogen (secondary N) is 2. The van der Waals surface area contributed by atoms with Gasteiger partial charge in [0.15, 0.2) is 5.65 Å². The molecule has 4 N–H and O–H groups in total. The molecule has 0 saturated heterocycles. The number of unbranched alkanes of at least 4 members (excludes halogenated alkanes) is 4. The minimum atomic E-state index is 0.753. The molecule has 0 spiro atoms. The summed E-state index contributed by atoms with van der Waals surface area (Å²) < 4.78 is 1.93. The quantitative estimate of drug-likeness (QED) is 0.369. The largest absolute Gasteiger partial charge is 0.370 e. The Kier molecular flexibility index (Phi) is 8.31. The maximum atomic E-state index is 5.57. The molecule has 0 aliphatic heterocycles. The molecular weight excluding hydrogens is 360 g/mol. The zero-order chi connectivity index (χ0) is 20.3. The molecule has 29 heavy (non-hydrogen) atoms. The second-order valence-electron chi connectivity index (χ2n) is 7.50. The fourth-order valence-electron chi connectivity index (χ4n) is 3.40. The predicted octanol–water partition coefficient (Wildman–Crippen LogP) is 4.62. The number of rotatable bonds is 13. The van der Waals surface area contributed by atoms with Crippen LogP contribution in [0, 0.1) is 0 Å². The van der Waals surface area contributed by atoms with Crippen molar-refractivity contribution in [3.05, 3.63) is 53.7 Å². The van der Waals surface area contributed by atoms with Crippen LogP contribution in [0.1, 0.15) is 56.6 Å². The Balaban J connectivity index is 1.74. The Morgan fingerprint density at radius 1 is 1.00 bits per heavy atom. The summed E-state index contributed by atoms with van der Waals surface area (Å²) in [6, 6.07) is 12.5. The Bertz CT molecular complexity index is 858. The van der Waals surface area contributed by atoms with Crippen molar-refractivity contribution in [2.24, 2.45) is 5.73 Å². The van der Waals surface area contributed by atoms with Crippen LogP contribution in [0.2, 0.25) is 0 Å². The van der Waals surface area contributed by atoms with E-state index in [-0.39, 0.29) is 0 Å². The molecule has 0 radical (unpaired) electrons. The molecule has 6 nitrogen and oxygen atoms in total. The first-order valence-electron chi connectivity index (χ1n) is 10.9. The third-order valence-corrected chi connectivity index (χ3v) is 5.10. The molecule has 156 valence electrons. The van der Waals surface area contributed by atoms with Crippen molar-refractivity contribution < 1.29 is 0 Å². The molecule has 0 atom stereocenters. The van der Waals surface area contributed by atoms with Gasteiger partial charge < -0.3 is 16.4 Å². The maximum Gasteiger partial charge on any atom is 0.162 e. The van der Waals surface area contributed by atoms with Crippen LogP contribution in [0.3, 0.4) is 0 Å². The van der Waals surface area contributed by atoms with E-state index in [2.05, 4.69) is 53.0 Å². The highest BCUT2D eigenvalue weighted by Crippen LogP contribution is 2.21. The summed E-state index contributed by atoms with van der Waals surface area (Å²) in [6.07, 6.45) is 9.90. The molecular formula is C23H34N6. The SMILES string of the molecule is CCCCc1cnn2c(NCc3ccccc3)cc(NCCCCCCN)nc12. The lowest BCUT2D eigenvalue weighted by Gasteiger charge is -2.12. The van der Waals surface area contributed by atoms with Crippen LogP contribution < -0.4 is 16.4 Å². The fourth-order valence-corrected chi connectivity index (χ4v) is 3.40. The van der Waals surface area contributed by atoms with Crippen LogP contribution >= 0.6 is 0 Å². The van der Waals surface area contributed by atoms with Gasteiger partial charge in [0.1, 0.15) is 11.6 Å². The highest BCUT2D eigenvalue weighted by atomic mass is 15.3. The molecule has 0 saturated carbocycles. The Hall–Kier alpha value is -2.60. The van der Waals surface area contributed by atoms with E-state index in [9.17, 15) is 0 Å². The smallest absolute Gasteiger partial charge is 0.162 e. The number of aromatic nitrogens is 3. The minimum Gasteiger partial charge on any atom is -0.370 e. The maximum absolute atomic E-state index is 5.57. The lowest BCUT2D eigenvalue weighted by molar-refractivity contribution is 0.661. The van der Waals surface area contributed by atoms with E-state index in [0.717, 1.165) is 69.0 Å². The standard InChI is InChI=1S/C23H34N6/c1-2-3-13-20-18-27-29-22(26-17-19-11-7-6-8-12-19)16-21(28-23(20)29)25-15-10-5-4-9-14-24/h6-8,11-12,16,18,26H,2-5,9-10,13-15,17,24H2,1H3,(H,25,28). The highest BCUT2D eigenvalue weighted by molar-refractivity contribution is 5.60. The molecule has 1 aromatic carbocycles. The predicted molar refractivity (Wildman–Crippen MR) is 121 cm³/mol. The van der Waals surface area contributed by atoms with Gasteiger partial charge in [-0.1, -0.05) is 56.5 Å². The third-order valence-electron chi connectivity index (χ3n) is 5.10. The number of hydrogen-bond acceptors (Lipinski definition) is 5. The van der Waals surface area contributed by atoms with Crippen LogP contribution in [0.15, 0.2) is 42.6 Å². The van der Waals surface area contributed by atoms with Gasteiger partial charge in [-0.2, -0.15) is 9.61 Å². The van der Waals surface area contributed by atoms with Crippen molar-refractivity contribution >= 4 is 17.3 Å². The monoisotopic (exact) mass is 394 g/mol. The average molecular weight is 395 g/mol. The van der Waals surface area contributed by atoms with Gasteiger partial charge in [0.05, 0.1) is 6.20 Å². The third kappa shape index (κ3) is 6.19. The number of aryl methyl sites for hydroxylation is 1. The van der Waals surface area contributed by atoms with Gasteiger partial charge in [-0.25, -0.2) is 4.98 Å². The zero-order valence-electron chi connectivity index (χ0n) is 17.5. The summed E-state index contributed by atoms with van der Waals surface area (Å²) in [6.45, 7) is 4.67. The van der Waals surface area contributed by atoms with E-state index in [1.54, 1.807) is 0 Å². The highest BCUT2D eigenvalue weighted by Gasteiger charge is 2.11. The first-order chi connectivity index (χ1) is 14.3. The molecule has 3 aromatic rings. The van der Waals surface area contributed by atoms with Crippen molar-refractivity contribution in [3.63, 3.8) is 0 Å². The number of nitrogens with zero attached hydrogens (tertiary/aromatic N) is 3. The van der Waals surface area contributed by atoms with Crippen LogP contribution in [0.25, 0.3) is 5.65 Å². The van der Waals surface area contributed by atoms with E-state index >= 15 is 0 Å². The first-order valence-corrected chi connectivity index (χ1v) is 10.9. The molecule has 6 heteroatoms. The molecule has 0 aliphatic carbocycles. The van der Waals surface area contributed by atoms with Gasteiger partial charge in [-0.05, 0) is 37.8 Å². The Morgan fingerprint density at radius 2 is 1.83 bits per heavy atom. The van der Waals surface area contributed by atoms with Crippen molar-refractivity contribution in [1.29, 1.82) is 0 Å². The van der Waals surface area contributed by atoms with E-state index in [4.69, 9.17) is 10.7 Å². The summed E-state index contributed by atoms with van der Waals surface area (Å²) in [5.41, 5.74) is 8.97. The van der Waals surface area contributed by atoms with Crippen LogP contribution in [0.5, 0.6) is 0 Å². The van der Waals surface area contributed by atoms with Crippen molar-refractivity contribution in [3.8, 4) is 0 Å². The van der Waals surface area contributed by atoms with Crippen LogP contribution in [0.4, 0.5) is 11.6 Å². The average Bonchev–Trinajstić information content (AvgIpc) is 3.16. The van der Waals surface area contributed by atoms with Gasteiger partial charge in [-0.3, -0.25) is 0 Å². The van der Waals surface area contributed by atoms with Gasteiger partial charge in [0.2, 0.25) is 0 Å². The topological polar surface area (TPSA) is 80.3 Å². The summed E-state index contributed by atoms with van der Waals surface area (Å²) in [7, 11) is 0. The summed E-state index contributed by atoms with van der Waals surface area (Å²) in [4.78, 5) is 4.87. The second kappa shape index (κ2) is 11.4. The van der Waals surface area contributed by atoms with Crippen LogP contribution in [-0.2, 0) is 13.0 Å². The first kappa shape index (κ1) is 21.1. The number of nitrogens with two attached hydrogens (primary N) is 1.